The van der Waals surface area contributed by atoms with Crippen molar-refractivity contribution in [2.75, 3.05) is 11.9 Å². The van der Waals surface area contributed by atoms with Crippen LogP contribution in [0.15, 0.2) is 24.3 Å². The number of amides is 3. The number of anilines is 1. The summed E-state index contributed by atoms with van der Waals surface area (Å²) in [5, 5.41) is 8.13. The predicted molar refractivity (Wildman–Crippen MR) is 86.6 cm³/mol. The zero-order valence-electron chi connectivity index (χ0n) is 11.1. The van der Waals surface area contributed by atoms with Crippen LogP contribution in [0.2, 0.25) is 0 Å². The molecule has 1 fully saturated rings. The molecule has 0 saturated heterocycles. The molecule has 1 saturated carbocycles. The van der Waals surface area contributed by atoms with Crippen LogP contribution in [-0.4, -0.2) is 24.5 Å². The molecule has 1 aromatic carbocycles. The maximum absolute atomic E-state index is 11.6. The van der Waals surface area contributed by atoms with Gasteiger partial charge in [-0.25, -0.2) is 4.79 Å². The van der Waals surface area contributed by atoms with Gasteiger partial charge in [0.2, 0.25) is 5.91 Å². The van der Waals surface area contributed by atoms with Crippen molar-refractivity contribution < 1.29 is 9.59 Å². The number of carbonyl (C=O) groups excluding carboxylic acids is 2. The third kappa shape index (κ3) is 4.99. The molecule has 0 bridgehead atoms. The Balaban J connectivity index is 1.69. The molecule has 20 heavy (non-hydrogen) atoms. The molecule has 0 heterocycles. The Hall–Kier alpha value is -1.31. The van der Waals surface area contributed by atoms with E-state index in [0.717, 1.165) is 34.9 Å². The van der Waals surface area contributed by atoms with E-state index in [9.17, 15) is 9.59 Å². The maximum Gasteiger partial charge on any atom is 0.321 e. The molecule has 3 N–H and O–H groups in total. The van der Waals surface area contributed by atoms with Crippen LogP contribution in [0, 0.1) is 3.57 Å². The van der Waals surface area contributed by atoms with Crippen molar-refractivity contribution in [1.82, 2.24) is 10.6 Å². The number of benzene rings is 1. The van der Waals surface area contributed by atoms with Gasteiger partial charge in [-0.15, -0.1) is 0 Å². The second-order valence-electron chi connectivity index (χ2n) is 4.86. The van der Waals surface area contributed by atoms with E-state index in [1.165, 1.54) is 0 Å². The van der Waals surface area contributed by atoms with E-state index in [1.807, 2.05) is 24.3 Å². The summed E-state index contributed by atoms with van der Waals surface area (Å²) in [5.74, 6) is -0.334. The normalized spacial score (nSPS) is 14.8. The van der Waals surface area contributed by atoms with Crippen LogP contribution in [0.3, 0.4) is 0 Å². The summed E-state index contributed by atoms with van der Waals surface area (Å²) in [4.78, 5) is 23.2. The SMILES string of the molecule is O=C(CNc1ccc(I)cc1)NC(=O)NC1CCCC1. The van der Waals surface area contributed by atoms with Gasteiger partial charge in [-0.2, -0.15) is 0 Å². The lowest BCUT2D eigenvalue weighted by atomic mass is 10.2. The highest BCUT2D eigenvalue weighted by atomic mass is 127. The zero-order valence-corrected chi connectivity index (χ0v) is 13.3. The lowest BCUT2D eigenvalue weighted by molar-refractivity contribution is -0.118. The Labute approximate surface area is 132 Å². The van der Waals surface area contributed by atoms with Crippen molar-refractivity contribution in [3.8, 4) is 0 Å². The molecule has 0 radical (unpaired) electrons. The smallest absolute Gasteiger partial charge is 0.321 e. The Bertz CT molecular complexity index is 470. The van der Waals surface area contributed by atoms with E-state index >= 15 is 0 Å². The van der Waals surface area contributed by atoms with Crippen molar-refractivity contribution in [2.45, 2.75) is 31.7 Å². The minimum Gasteiger partial charge on any atom is -0.376 e. The van der Waals surface area contributed by atoms with Crippen LogP contribution in [0.4, 0.5) is 10.5 Å². The van der Waals surface area contributed by atoms with Crippen molar-refractivity contribution in [1.29, 1.82) is 0 Å². The first-order valence-electron chi connectivity index (χ1n) is 6.73. The van der Waals surface area contributed by atoms with E-state index in [-0.39, 0.29) is 18.5 Å². The van der Waals surface area contributed by atoms with E-state index in [2.05, 4.69) is 38.5 Å². The number of nitrogens with one attached hydrogen (secondary N) is 3. The predicted octanol–water partition coefficient (Wildman–Crippen LogP) is 2.47. The molecule has 0 unspecified atom stereocenters. The lowest BCUT2D eigenvalue weighted by Gasteiger charge is -2.12. The number of hydrogen-bond acceptors (Lipinski definition) is 3. The summed E-state index contributed by atoms with van der Waals surface area (Å²) in [6, 6.07) is 7.51. The van der Waals surface area contributed by atoms with Gasteiger partial charge < -0.3 is 10.6 Å². The van der Waals surface area contributed by atoms with Gasteiger partial charge in [-0.3, -0.25) is 10.1 Å². The lowest BCUT2D eigenvalue weighted by Crippen LogP contribution is -2.45. The van der Waals surface area contributed by atoms with Gasteiger partial charge >= 0.3 is 6.03 Å². The van der Waals surface area contributed by atoms with Crippen molar-refractivity contribution in [3.05, 3.63) is 27.8 Å². The zero-order chi connectivity index (χ0) is 14.4. The van der Waals surface area contributed by atoms with Crippen LogP contribution in [0.5, 0.6) is 0 Å². The molecule has 6 heteroatoms. The average Bonchev–Trinajstić information content (AvgIpc) is 2.90. The van der Waals surface area contributed by atoms with Crippen molar-refractivity contribution in [3.63, 3.8) is 0 Å². The minimum absolute atomic E-state index is 0.0820. The molecule has 1 aromatic rings. The maximum atomic E-state index is 11.6. The monoisotopic (exact) mass is 387 g/mol. The summed E-state index contributed by atoms with van der Waals surface area (Å²) < 4.78 is 1.13. The molecular weight excluding hydrogens is 369 g/mol. The van der Waals surface area contributed by atoms with Crippen molar-refractivity contribution >= 4 is 40.2 Å². The first kappa shape index (κ1) is 15.1. The number of hydrogen-bond donors (Lipinski definition) is 3. The summed E-state index contributed by atoms with van der Waals surface area (Å²) in [6.45, 7) is 0.0820. The van der Waals surface area contributed by atoms with E-state index < -0.39 is 6.03 Å². The van der Waals surface area contributed by atoms with Gasteiger partial charge in [0.25, 0.3) is 0 Å². The summed E-state index contributed by atoms with van der Waals surface area (Å²) >= 11 is 2.22. The molecule has 0 aliphatic heterocycles. The summed E-state index contributed by atoms with van der Waals surface area (Å²) in [7, 11) is 0. The molecule has 3 amide bonds. The Morgan fingerprint density at radius 1 is 1.15 bits per heavy atom. The molecule has 0 spiro atoms. The van der Waals surface area contributed by atoms with E-state index in [4.69, 9.17) is 0 Å². The third-order valence-electron chi connectivity index (χ3n) is 3.24. The van der Waals surface area contributed by atoms with Gasteiger partial charge in [0, 0.05) is 15.3 Å². The summed E-state index contributed by atoms with van der Waals surface area (Å²) in [6.07, 6.45) is 4.30. The van der Waals surface area contributed by atoms with Gasteiger partial charge in [0.05, 0.1) is 6.54 Å². The molecule has 0 atom stereocenters. The first-order valence-corrected chi connectivity index (χ1v) is 7.81. The average molecular weight is 387 g/mol. The van der Waals surface area contributed by atoms with Crippen LogP contribution in [0.1, 0.15) is 25.7 Å². The van der Waals surface area contributed by atoms with Crippen molar-refractivity contribution in [2.24, 2.45) is 0 Å². The van der Waals surface area contributed by atoms with Crippen LogP contribution in [-0.2, 0) is 4.79 Å². The fourth-order valence-electron chi connectivity index (χ4n) is 2.21. The molecule has 5 nitrogen and oxygen atoms in total. The van der Waals surface area contributed by atoms with E-state index in [1.54, 1.807) is 0 Å². The standard InChI is InChI=1S/C14H18IN3O2/c15-10-5-7-11(8-6-10)16-9-13(19)18-14(20)17-12-3-1-2-4-12/h5-8,12,16H,1-4,9H2,(H2,17,18,19,20). The Morgan fingerprint density at radius 2 is 1.80 bits per heavy atom. The molecule has 1 aliphatic rings. The number of halogens is 1. The number of imide groups is 1. The fraction of sp³-hybridized carbons (Fsp3) is 0.429. The first-order chi connectivity index (χ1) is 9.63. The summed E-state index contributed by atoms with van der Waals surface area (Å²) in [5.41, 5.74) is 0.858. The minimum atomic E-state index is -0.397. The van der Waals surface area contributed by atoms with E-state index in [0.29, 0.717) is 0 Å². The molecule has 0 aromatic heterocycles. The molecule has 108 valence electrons. The molecule has 1 aliphatic carbocycles. The van der Waals surface area contributed by atoms with Gasteiger partial charge in [-0.1, -0.05) is 12.8 Å². The Morgan fingerprint density at radius 3 is 2.45 bits per heavy atom. The fourth-order valence-corrected chi connectivity index (χ4v) is 2.57. The van der Waals surface area contributed by atoms with Crippen LogP contribution < -0.4 is 16.0 Å². The highest BCUT2D eigenvalue weighted by Crippen LogP contribution is 2.17. The second kappa shape index (κ2) is 7.47. The van der Waals surface area contributed by atoms with Gasteiger partial charge in [0.1, 0.15) is 0 Å². The largest absolute Gasteiger partial charge is 0.376 e. The van der Waals surface area contributed by atoms with Crippen LogP contribution in [0.25, 0.3) is 0 Å². The highest BCUT2D eigenvalue weighted by Gasteiger charge is 2.17. The second-order valence-corrected chi connectivity index (χ2v) is 6.11. The number of carbonyl (C=O) groups is 2. The Kier molecular flexibility index (Phi) is 5.63. The van der Waals surface area contributed by atoms with Gasteiger partial charge in [0.15, 0.2) is 0 Å². The quantitative estimate of drug-likeness (QED) is 0.696. The molecular formula is C14H18IN3O2. The highest BCUT2D eigenvalue weighted by molar-refractivity contribution is 14.1. The third-order valence-corrected chi connectivity index (χ3v) is 3.96. The topological polar surface area (TPSA) is 70.2 Å². The number of rotatable bonds is 4. The molecule has 2 rings (SSSR count). The van der Waals surface area contributed by atoms with Crippen LogP contribution >= 0.6 is 22.6 Å². The van der Waals surface area contributed by atoms with Gasteiger partial charge in [-0.05, 0) is 59.7 Å². The number of urea groups is 1.